The van der Waals surface area contributed by atoms with Crippen LogP contribution in [-0.2, 0) is 11.2 Å². The maximum absolute atomic E-state index is 12.7. The number of hydrogen-bond acceptors (Lipinski definition) is 6. The van der Waals surface area contributed by atoms with E-state index in [0.29, 0.717) is 21.9 Å². The highest BCUT2D eigenvalue weighted by Crippen LogP contribution is 2.28. The number of hydrogen-bond donors (Lipinski definition) is 1. The van der Waals surface area contributed by atoms with Crippen LogP contribution in [0.2, 0.25) is 0 Å². The maximum Gasteiger partial charge on any atom is 0.283 e. The lowest BCUT2D eigenvalue weighted by atomic mass is 10.3. The minimum Gasteiger partial charge on any atom is -0.484 e. The van der Waals surface area contributed by atoms with E-state index < -0.39 is 16.6 Å². The molecular formula is C15H14FN3O4S. The molecule has 1 heterocycles. The zero-order valence-electron chi connectivity index (χ0n) is 12.7. The summed E-state index contributed by atoms with van der Waals surface area (Å²) in [6.07, 6.45) is 1.89. The number of ether oxygens (including phenoxy) is 1. The molecule has 0 aliphatic rings. The fourth-order valence-electron chi connectivity index (χ4n) is 1.79. The third kappa shape index (κ3) is 4.85. The molecule has 0 saturated carbocycles. The summed E-state index contributed by atoms with van der Waals surface area (Å²) in [5, 5.41) is 14.6. The minimum absolute atomic E-state index is 0.0509. The lowest BCUT2D eigenvalue weighted by Gasteiger charge is -2.04. The molecule has 0 atom stereocenters. The molecule has 0 saturated heterocycles. The summed E-state index contributed by atoms with van der Waals surface area (Å²) in [4.78, 5) is 23.2. The van der Waals surface area contributed by atoms with Crippen molar-refractivity contribution >= 4 is 29.1 Å². The number of rotatable bonds is 7. The van der Waals surface area contributed by atoms with Crippen molar-refractivity contribution in [3.8, 4) is 5.75 Å². The van der Waals surface area contributed by atoms with E-state index >= 15 is 0 Å². The van der Waals surface area contributed by atoms with Crippen LogP contribution in [0.4, 0.5) is 10.1 Å². The van der Waals surface area contributed by atoms with Crippen LogP contribution in [0.5, 0.6) is 5.75 Å². The van der Waals surface area contributed by atoms with E-state index in [2.05, 4.69) is 10.5 Å². The van der Waals surface area contributed by atoms with E-state index in [1.165, 1.54) is 47.9 Å². The van der Waals surface area contributed by atoms with Gasteiger partial charge in [-0.05, 0) is 30.7 Å². The molecule has 1 aromatic heterocycles. The molecule has 0 aliphatic carbocycles. The van der Waals surface area contributed by atoms with Gasteiger partial charge in [0.25, 0.3) is 11.6 Å². The van der Waals surface area contributed by atoms with Crippen molar-refractivity contribution in [3.63, 3.8) is 0 Å². The first-order chi connectivity index (χ1) is 11.5. The van der Waals surface area contributed by atoms with Crippen molar-refractivity contribution in [1.82, 2.24) is 5.43 Å². The second-order valence-electron chi connectivity index (χ2n) is 4.60. The predicted octanol–water partition coefficient (Wildman–Crippen LogP) is 2.89. The zero-order chi connectivity index (χ0) is 17.5. The molecule has 1 amide bonds. The topological polar surface area (TPSA) is 93.8 Å². The standard InChI is InChI=1S/C15H14FN3O4S/c1-2-14-13(19(21)22)7-12(24-14)8-17-18-15(20)9-23-11-5-3-10(16)4-6-11/h3-8H,2,9H2,1H3,(H,18,20)/b17-8+. The highest BCUT2D eigenvalue weighted by Gasteiger charge is 2.16. The van der Waals surface area contributed by atoms with Gasteiger partial charge in [-0.1, -0.05) is 6.92 Å². The Morgan fingerprint density at radius 2 is 2.17 bits per heavy atom. The highest BCUT2D eigenvalue weighted by atomic mass is 32.1. The van der Waals surface area contributed by atoms with Gasteiger partial charge in [-0.2, -0.15) is 5.10 Å². The number of hydrazone groups is 1. The van der Waals surface area contributed by atoms with Crippen LogP contribution in [0.25, 0.3) is 0 Å². The molecule has 1 N–H and O–H groups in total. The van der Waals surface area contributed by atoms with Crippen LogP contribution in [-0.4, -0.2) is 23.7 Å². The molecule has 0 radical (unpaired) electrons. The summed E-state index contributed by atoms with van der Waals surface area (Å²) < 4.78 is 17.9. The number of carbonyl (C=O) groups excluding carboxylic acids is 1. The number of nitrogens with one attached hydrogen (secondary N) is 1. The van der Waals surface area contributed by atoms with Gasteiger partial charge in [0.1, 0.15) is 11.6 Å². The van der Waals surface area contributed by atoms with Crippen LogP contribution in [0.15, 0.2) is 35.4 Å². The molecule has 1 aromatic carbocycles. The summed E-state index contributed by atoms with van der Waals surface area (Å²) in [6, 6.07) is 6.67. The van der Waals surface area contributed by atoms with E-state index in [4.69, 9.17) is 4.74 Å². The Bertz CT molecular complexity index is 759. The quantitative estimate of drug-likeness (QED) is 0.471. The van der Waals surface area contributed by atoms with Gasteiger partial charge in [-0.25, -0.2) is 9.82 Å². The average Bonchev–Trinajstić information content (AvgIpc) is 2.98. The molecule has 9 heteroatoms. The third-order valence-electron chi connectivity index (χ3n) is 2.89. The lowest BCUT2D eigenvalue weighted by molar-refractivity contribution is -0.385. The molecule has 24 heavy (non-hydrogen) atoms. The Labute approximate surface area is 140 Å². The smallest absolute Gasteiger partial charge is 0.283 e. The second kappa shape index (κ2) is 8.16. The molecule has 0 aliphatic heterocycles. The number of thiophene rings is 1. The summed E-state index contributed by atoms with van der Waals surface area (Å²) in [7, 11) is 0. The SMILES string of the molecule is CCc1sc(/C=N/NC(=O)COc2ccc(F)cc2)cc1[N+](=O)[O-]. The zero-order valence-corrected chi connectivity index (χ0v) is 13.5. The van der Waals surface area contributed by atoms with Gasteiger partial charge < -0.3 is 4.74 Å². The Morgan fingerprint density at radius 1 is 1.46 bits per heavy atom. The molecule has 126 valence electrons. The van der Waals surface area contributed by atoms with Crippen LogP contribution in [0.1, 0.15) is 16.7 Å². The van der Waals surface area contributed by atoms with Crippen molar-refractivity contribution in [3.05, 3.63) is 56.0 Å². The van der Waals surface area contributed by atoms with Crippen molar-refractivity contribution in [2.75, 3.05) is 6.61 Å². The number of aryl methyl sites for hydroxylation is 1. The maximum atomic E-state index is 12.7. The molecular weight excluding hydrogens is 337 g/mol. The summed E-state index contributed by atoms with van der Waals surface area (Å²) in [5.74, 6) is -0.540. The van der Waals surface area contributed by atoms with Gasteiger partial charge in [0.2, 0.25) is 0 Å². The molecule has 7 nitrogen and oxygen atoms in total. The van der Waals surface area contributed by atoms with Crippen molar-refractivity contribution in [1.29, 1.82) is 0 Å². The first kappa shape index (κ1) is 17.5. The van der Waals surface area contributed by atoms with Crippen molar-refractivity contribution < 1.29 is 18.8 Å². The minimum atomic E-state index is -0.502. The lowest BCUT2D eigenvalue weighted by Crippen LogP contribution is -2.24. The number of nitrogens with zero attached hydrogens (tertiary/aromatic N) is 2. The number of benzene rings is 1. The van der Waals surface area contributed by atoms with Gasteiger partial charge in [0, 0.05) is 6.07 Å². The Balaban J connectivity index is 1.86. The van der Waals surface area contributed by atoms with Crippen LogP contribution >= 0.6 is 11.3 Å². The normalized spacial score (nSPS) is 10.8. The molecule has 0 unspecified atom stereocenters. The summed E-state index contributed by atoms with van der Waals surface area (Å²) in [5.41, 5.74) is 2.31. The number of amides is 1. The largest absolute Gasteiger partial charge is 0.484 e. The van der Waals surface area contributed by atoms with Crippen LogP contribution < -0.4 is 10.2 Å². The van der Waals surface area contributed by atoms with Crippen LogP contribution in [0.3, 0.4) is 0 Å². The van der Waals surface area contributed by atoms with Gasteiger partial charge in [0.15, 0.2) is 6.61 Å². The van der Waals surface area contributed by atoms with Crippen LogP contribution in [0, 0.1) is 15.9 Å². The van der Waals surface area contributed by atoms with Gasteiger partial charge in [-0.3, -0.25) is 14.9 Å². The number of nitro groups is 1. The molecule has 0 spiro atoms. The first-order valence-corrected chi connectivity index (χ1v) is 7.78. The fraction of sp³-hybridized carbons (Fsp3) is 0.200. The monoisotopic (exact) mass is 351 g/mol. The van der Waals surface area contributed by atoms with Gasteiger partial charge in [-0.15, -0.1) is 11.3 Å². The molecule has 0 fully saturated rings. The third-order valence-corrected chi connectivity index (χ3v) is 4.09. The molecule has 2 rings (SSSR count). The first-order valence-electron chi connectivity index (χ1n) is 6.97. The fourth-order valence-corrected chi connectivity index (χ4v) is 2.73. The van der Waals surface area contributed by atoms with Crippen molar-refractivity contribution in [2.45, 2.75) is 13.3 Å². The second-order valence-corrected chi connectivity index (χ2v) is 5.77. The summed E-state index contributed by atoms with van der Waals surface area (Å²) in [6.45, 7) is 1.54. The number of halogens is 1. The Hall–Kier alpha value is -2.81. The number of carbonyl (C=O) groups is 1. The van der Waals surface area contributed by atoms with E-state index in [1.54, 1.807) is 0 Å². The molecule has 2 aromatic rings. The van der Waals surface area contributed by atoms with Crippen molar-refractivity contribution in [2.24, 2.45) is 5.10 Å². The highest BCUT2D eigenvalue weighted by molar-refractivity contribution is 7.14. The van der Waals surface area contributed by atoms with Gasteiger partial charge >= 0.3 is 0 Å². The van der Waals surface area contributed by atoms with E-state index in [1.807, 2.05) is 6.92 Å². The van der Waals surface area contributed by atoms with E-state index in [-0.39, 0.29) is 12.3 Å². The predicted molar refractivity (Wildman–Crippen MR) is 88.0 cm³/mol. The Morgan fingerprint density at radius 3 is 2.75 bits per heavy atom. The summed E-state index contributed by atoms with van der Waals surface area (Å²) >= 11 is 1.24. The average molecular weight is 351 g/mol. The van der Waals surface area contributed by atoms with E-state index in [9.17, 15) is 19.3 Å². The Kier molecular flexibility index (Phi) is 5.96. The van der Waals surface area contributed by atoms with Gasteiger partial charge in [0.05, 0.1) is 20.9 Å². The van der Waals surface area contributed by atoms with E-state index in [0.717, 1.165) is 0 Å². The molecule has 0 bridgehead atoms.